The number of aromatic nitrogens is 2. The van der Waals surface area contributed by atoms with Crippen molar-refractivity contribution in [3.63, 3.8) is 0 Å². The molecule has 0 spiro atoms. The van der Waals surface area contributed by atoms with E-state index in [2.05, 4.69) is 33.9 Å². The van der Waals surface area contributed by atoms with Crippen LogP contribution >= 0.6 is 0 Å². The number of nitrogens with one attached hydrogen (secondary N) is 2. The number of carbonyl (C=O) groups is 1. The van der Waals surface area contributed by atoms with Gasteiger partial charge < -0.3 is 10.6 Å². The van der Waals surface area contributed by atoms with Crippen LogP contribution in [0.15, 0.2) is 103 Å². The van der Waals surface area contributed by atoms with Gasteiger partial charge in [-0.15, -0.1) is 0 Å². The summed E-state index contributed by atoms with van der Waals surface area (Å²) in [7, 11) is 0. The predicted molar refractivity (Wildman–Crippen MR) is 174 cm³/mol. The van der Waals surface area contributed by atoms with Gasteiger partial charge in [0.25, 0.3) is 5.91 Å². The van der Waals surface area contributed by atoms with Crippen LogP contribution in [0.5, 0.6) is 0 Å². The number of nitrogens with zero attached hydrogens (tertiary/aromatic N) is 3. The van der Waals surface area contributed by atoms with Gasteiger partial charge in [0, 0.05) is 28.9 Å². The number of anilines is 2. The molecule has 232 valence electrons. The molecule has 2 N–H and O–H groups in total. The Labute approximate surface area is 265 Å². The number of hydrogen-bond donors (Lipinski definition) is 2. The Morgan fingerprint density at radius 1 is 0.804 bits per heavy atom. The third-order valence-electron chi connectivity index (χ3n) is 8.24. The van der Waals surface area contributed by atoms with Crippen molar-refractivity contribution in [2.24, 2.45) is 0 Å². The second kappa shape index (κ2) is 13.3. The van der Waals surface area contributed by atoms with Crippen LogP contribution in [-0.2, 0) is 6.18 Å². The number of carbonyl (C=O) groups excluding carboxylic acids is 1. The lowest BCUT2D eigenvalue weighted by Crippen LogP contribution is -2.19. The summed E-state index contributed by atoms with van der Waals surface area (Å²) in [6, 6.07) is 32.5. The molecule has 0 saturated heterocycles. The SMILES string of the molecule is N#Cc1cccc(-n2nc(C(F)(F)F)cc2C(=O)Nc2cccc(-c3cccc(-c4ccccc4)c3NC3CCCCCC3)c2)c1. The Morgan fingerprint density at radius 3 is 2.20 bits per heavy atom. The minimum absolute atomic E-state index is 0.167. The maximum atomic E-state index is 13.7. The quantitative estimate of drug-likeness (QED) is 0.178. The first kappa shape index (κ1) is 30.7. The van der Waals surface area contributed by atoms with Crippen molar-refractivity contribution < 1.29 is 18.0 Å². The molecule has 1 aromatic heterocycles. The van der Waals surface area contributed by atoms with Crippen molar-refractivity contribution in [3.8, 4) is 34.0 Å². The van der Waals surface area contributed by atoms with Gasteiger partial charge >= 0.3 is 6.18 Å². The van der Waals surface area contributed by atoms with E-state index < -0.39 is 17.8 Å². The number of amides is 1. The maximum absolute atomic E-state index is 13.7. The van der Waals surface area contributed by atoms with E-state index in [1.165, 1.54) is 49.9 Å². The molecule has 1 amide bonds. The van der Waals surface area contributed by atoms with E-state index >= 15 is 0 Å². The largest absolute Gasteiger partial charge is 0.435 e. The van der Waals surface area contributed by atoms with Crippen LogP contribution < -0.4 is 10.6 Å². The van der Waals surface area contributed by atoms with Gasteiger partial charge in [0.15, 0.2) is 5.69 Å². The Morgan fingerprint density at radius 2 is 1.48 bits per heavy atom. The van der Waals surface area contributed by atoms with Gasteiger partial charge in [-0.3, -0.25) is 4.79 Å². The van der Waals surface area contributed by atoms with Crippen molar-refractivity contribution in [3.05, 3.63) is 120 Å². The molecule has 9 heteroatoms. The van der Waals surface area contributed by atoms with Gasteiger partial charge in [0.1, 0.15) is 5.69 Å². The van der Waals surface area contributed by atoms with Crippen LogP contribution in [0.1, 0.15) is 60.3 Å². The molecular weight excluding hydrogens is 587 g/mol. The maximum Gasteiger partial charge on any atom is 0.435 e. The van der Waals surface area contributed by atoms with Crippen molar-refractivity contribution in [1.29, 1.82) is 5.26 Å². The number of rotatable bonds is 7. The van der Waals surface area contributed by atoms with E-state index in [9.17, 15) is 23.2 Å². The van der Waals surface area contributed by atoms with Crippen molar-refractivity contribution in [2.45, 2.75) is 50.7 Å². The number of alkyl halides is 3. The molecule has 0 bridgehead atoms. The molecule has 1 fully saturated rings. The van der Waals surface area contributed by atoms with E-state index in [1.54, 1.807) is 6.07 Å². The smallest absolute Gasteiger partial charge is 0.381 e. The summed E-state index contributed by atoms with van der Waals surface area (Å²) in [5, 5.41) is 19.6. The number of halogens is 3. The van der Waals surface area contributed by atoms with Gasteiger partial charge in [0.05, 0.1) is 23.0 Å². The van der Waals surface area contributed by atoms with Gasteiger partial charge in [0.2, 0.25) is 0 Å². The first-order valence-electron chi connectivity index (χ1n) is 15.3. The van der Waals surface area contributed by atoms with Gasteiger partial charge in [-0.05, 0) is 54.3 Å². The summed E-state index contributed by atoms with van der Waals surface area (Å²) in [6.07, 6.45) is 2.23. The van der Waals surface area contributed by atoms with Crippen LogP contribution in [-0.4, -0.2) is 21.7 Å². The van der Waals surface area contributed by atoms with E-state index in [-0.39, 0.29) is 16.9 Å². The normalized spacial score (nSPS) is 13.9. The highest BCUT2D eigenvalue weighted by Gasteiger charge is 2.36. The highest BCUT2D eigenvalue weighted by molar-refractivity contribution is 6.04. The first-order chi connectivity index (χ1) is 22.3. The molecule has 1 aliphatic carbocycles. The number of benzene rings is 4. The van der Waals surface area contributed by atoms with Crippen LogP contribution in [0.4, 0.5) is 24.5 Å². The summed E-state index contributed by atoms with van der Waals surface area (Å²) in [5.74, 6) is -0.766. The van der Waals surface area contributed by atoms with Gasteiger partial charge in [-0.1, -0.05) is 92.4 Å². The van der Waals surface area contributed by atoms with Crippen molar-refractivity contribution >= 4 is 17.3 Å². The monoisotopic (exact) mass is 619 g/mol. The number of para-hydroxylation sites is 1. The standard InChI is InChI=1S/C37H32F3N5O/c38-37(39,40)34-23-33(45(44-34)30-18-8-11-25(21-30)24-41)36(46)43-29-17-9-14-27(22-29)32-20-10-19-31(26-12-4-3-5-13-26)35(32)42-28-15-6-1-2-7-16-28/h3-5,8-14,17-23,28,42H,1-2,6-7,15-16H2,(H,43,46). The lowest BCUT2D eigenvalue weighted by molar-refractivity contribution is -0.141. The second-order valence-corrected chi connectivity index (χ2v) is 11.4. The zero-order chi connectivity index (χ0) is 32.1. The molecule has 6 rings (SSSR count). The zero-order valence-corrected chi connectivity index (χ0v) is 25.0. The Bertz CT molecular complexity index is 1880. The summed E-state index contributed by atoms with van der Waals surface area (Å²) in [4.78, 5) is 13.5. The molecule has 0 aliphatic heterocycles. The fraction of sp³-hybridized carbons (Fsp3) is 0.216. The van der Waals surface area contributed by atoms with Crippen LogP contribution in [0, 0.1) is 11.3 Å². The molecule has 6 nitrogen and oxygen atoms in total. The lowest BCUT2D eigenvalue weighted by Gasteiger charge is -2.23. The molecule has 4 aromatic carbocycles. The highest BCUT2D eigenvalue weighted by Crippen LogP contribution is 2.39. The molecule has 46 heavy (non-hydrogen) atoms. The minimum Gasteiger partial charge on any atom is -0.381 e. The zero-order valence-electron chi connectivity index (χ0n) is 25.0. The van der Waals surface area contributed by atoms with Gasteiger partial charge in [-0.2, -0.15) is 23.5 Å². The summed E-state index contributed by atoms with van der Waals surface area (Å²) in [5.41, 5.74) is 4.26. The van der Waals surface area contributed by atoms with Crippen LogP contribution in [0.25, 0.3) is 27.9 Å². The van der Waals surface area contributed by atoms with Gasteiger partial charge in [-0.25, -0.2) is 4.68 Å². The van der Waals surface area contributed by atoms with E-state index in [0.29, 0.717) is 11.7 Å². The molecule has 1 aliphatic rings. The Balaban J connectivity index is 1.36. The molecular formula is C37H32F3N5O. The molecule has 0 radical (unpaired) electrons. The first-order valence-corrected chi connectivity index (χ1v) is 15.3. The van der Waals surface area contributed by atoms with Crippen LogP contribution in [0.3, 0.4) is 0 Å². The topological polar surface area (TPSA) is 82.7 Å². The third kappa shape index (κ3) is 6.81. The predicted octanol–water partition coefficient (Wildman–Crippen LogP) is 9.48. The Hall–Kier alpha value is -5.36. The Kier molecular flexibility index (Phi) is 8.88. The number of hydrogen-bond acceptors (Lipinski definition) is 4. The summed E-state index contributed by atoms with van der Waals surface area (Å²) >= 11 is 0. The van der Waals surface area contributed by atoms with E-state index in [4.69, 9.17) is 0 Å². The summed E-state index contributed by atoms with van der Waals surface area (Å²) in [6.45, 7) is 0. The third-order valence-corrected chi connectivity index (χ3v) is 8.24. The van der Waals surface area contributed by atoms with E-state index in [0.717, 1.165) is 51.5 Å². The average Bonchev–Trinajstić information content (AvgIpc) is 3.39. The summed E-state index contributed by atoms with van der Waals surface area (Å²) < 4.78 is 42.0. The lowest BCUT2D eigenvalue weighted by atomic mass is 9.94. The van der Waals surface area contributed by atoms with Crippen molar-refractivity contribution in [2.75, 3.05) is 10.6 Å². The fourth-order valence-electron chi connectivity index (χ4n) is 5.98. The number of nitriles is 1. The molecule has 1 heterocycles. The molecule has 1 saturated carbocycles. The molecule has 0 atom stereocenters. The fourth-order valence-corrected chi connectivity index (χ4v) is 5.98. The average molecular weight is 620 g/mol. The highest BCUT2D eigenvalue weighted by atomic mass is 19.4. The van der Waals surface area contributed by atoms with E-state index in [1.807, 2.05) is 54.6 Å². The molecule has 0 unspecified atom stereocenters. The van der Waals surface area contributed by atoms with Crippen LogP contribution in [0.2, 0.25) is 0 Å². The van der Waals surface area contributed by atoms with Crippen molar-refractivity contribution in [1.82, 2.24) is 9.78 Å². The molecule has 5 aromatic rings. The second-order valence-electron chi connectivity index (χ2n) is 11.4. The minimum atomic E-state index is -4.77.